The van der Waals surface area contributed by atoms with Crippen LogP contribution in [-0.4, -0.2) is 50.3 Å². The van der Waals surface area contributed by atoms with E-state index in [1.54, 1.807) is 0 Å². The Balaban J connectivity index is 1.82. The average Bonchev–Trinajstić information content (AvgIpc) is 2.70. The highest BCUT2D eigenvalue weighted by Gasteiger charge is 2.28. The summed E-state index contributed by atoms with van der Waals surface area (Å²) in [6.07, 6.45) is 9.70. The van der Waals surface area contributed by atoms with E-state index in [2.05, 4.69) is 24.2 Å². The molecule has 0 aromatic rings. The van der Waals surface area contributed by atoms with Crippen LogP contribution in [0, 0.1) is 5.92 Å². The minimum absolute atomic E-state index is 0.659. The van der Waals surface area contributed by atoms with Gasteiger partial charge < -0.3 is 15.0 Å². The largest absolute Gasteiger partial charge is 0.381 e. The third-order valence-electron chi connectivity index (χ3n) is 4.91. The standard InChI is InChI=1S/C16H32N2O/c1-3-17-16-10-11-19-13-14(16)12-18(2)15-8-6-4-5-7-9-15/h14-17H,3-13H2,1-2H3. The van der Waals surface area contributed by atoms with E-state index in [-0.39, 0.29) is 0 Å². The predicted molar refractivity (Wildman–Crippen MR) is 80.5 cm³/mol. The Morgan fingerprint density at radius 3 is 2.53 bits per heavy atom. The quantitative estimate of drug-likeness (QED) is 0.776. The molecular formula is C16H32N2O. The molecule has 2 aliphatic rings. The van der Waals surface area contributed by atoms with Gasteiger partial charge in [-0.15, -0.1) is 0 Å². The van der Waals surface area contributed by atoms with Crippen molar-refractivity contribution in [3.05, 3.63) is 0 Å². The van der Waals surface area contributed by atoms with Crippen LogP contribution in [0.3, 0.4) is 0 Å². The number of ether oxygens (including phenoxy) is 1. The first-order valence-corrected chi connectivity index (χ1v) is 8.32. The molecule has 0 bridgehead atoms. The Bertz CT molecular complexity index is 237. The van der Waals surface area contributed by atoms with Gasteiger partial charge in [0.1, 0.15) is 0 Å². The summed E-state index contributed by atoms with van der Waals surface area (Å²) in [5.74, 6) is 0.668. The summed E-state index contributed by atoms with van der Waals surface area (Å²) in [5.41, 5.74) is 0. The van der Waals surface area contributed by atoms with Crippen molar-refractivity contribution in [2.24, 2.45) is 5.92 Å². The minimum atomic E-state index is 0.659. The van der Waals surface area contributed by atoms with Crippen molar-refractivity contribution in [3.63, 3.8) is 0 Å². The fourth-order valence-corrected chi connectivity index (χ4v) is 3.73. The van der Waals surface area contributed by atoms with Gasteiger partial charge in [0, 0.05) is 31.2 Å². The van der Waals surface area contributed by atoms with Crippen molar-refractivity contribution in [1.82, 2.24) is 10.2 Å². The molecule has 3 heteroatoms. The van der Waals surface area contributed by atoms with Crippen LogP contribution in [0.5, 0.6) is 0 Å². The molecule has 0 spiro atoms. The summed E-state index contributed by atoms with van der Waals surface area (Å²) >= 11 is 0. The number of nitrogens with one attached hydrogen (secondary N) is 1. The van der Waals surface area contributed by atoms with Crippen LogP contribution in [0.2, 0.25) is 0 Å². The molecule has 3 nitrogen and oxygen atoms in total. The molecule has 1 N–H and O–H groups in total. The number of hydrogen-bond acceptors (Lipinski definition) is 3. The van der Waals surface area contributed by atoms with Gasteiger partial charge in [-0.2, -0.15) is 0 Å². The van der Waals surface area contributed by atoms with Crippen LogP contribution in [0.25, 0.3) is 0 Å². The van der Waals surface area contributed by atoms with E-state index < -0.39 is 0 Å². The van der Waals surface area contributed by atoms with E-state index >= 15 is 0 Å². The highest BCUT2D eigenvalue weighted by Crippen LogP contribution is 2.23. The Labute approximate surface area is 119 Å². The van der Waals surface area contributed by atoms with Crippen LogP contribution in [-0.2, 0) is 4.74 Å². The molecule has 1 aliphatic carbocycles. The highest BCUT2D eigenvalue weighted by molar-refractivity contribution is 4.83. The minimum Gasteiger partial charge on any atom is -0.381 e. The van der Waals surface area contributed by atoms with Crippen LogP contribution < -0.4 is 5.32 Å². The molecule has 0 radical (unpaired) electrons. The zero-order valence-electron chi connectivity index (χ0n) is 12.9. The lowest BCUT2D eigenvalue weighted by Crippen LogP contribution is -2.48. The second-order valence-electron chi connectivity index (χ2n) is 6.37. The first-order valence-electron chi connectivity index (χ1n) is 8.32. The smallest absolute Gasteiger partial charge is 0.0521 e. The Kier molecular flexibility index (Phi) is 6.62. The lowest BCUT2D eigenvalue weighted by atomic mass is 9.94. The van der Waals surface area contributed by atoms with Crippen molar-refractivity contribution in [3.8, 4) is 0 Å². The first kappa shape index (κ1) is 15.3. The summed E-state index contributed by atoms with van der Waals surface area (Å²) in [6, 6.07) is 1.47. The molecule has 1 saturated carbocycles. The average molecular weight is 268 g/mol. The second kappa shape index (κ2) is 8.23. The molecule has 19 heavy (non-hydrogen) atoms. The van der Waals surface area contributed by atoms with Crippen LogP contribution in [0.1, 0.15) is 51.9 Å². The molecule has 0 aromatic heterocycles. The SMILES string of the molecule is CCNC1CCOCC1CN(C)C1CCCCCC1. The van der Waals surface area contributed by atoms with Crippen molar-refractivity contribution in [2.45, 2.75) is 64.0 Å². The molecule has 0 amide bonds. The zero-order valence-corrected chi connectivity index (χ0v) is 12.9. The van der Waals surface area contributed by atoms with Crippen LogP contribution in [0.4, 0.5) is 0 Å². The third kappa shape index (κ3) is 4.73. The summed E-state index contributed by atoms with van der Waals surface area (Å²) < 4.78 is 5.70. The maximum atomic E-state index is 5.70. The fourth-order valence-electron chi connectivity index (χ4n) is 3.73. The van der Waals surface area contributed by atoms with Crippen molar-refractivity contribution in [1.29, 1.82) is 0 Å². The molecule has 1 aliphatic heterocycles. The molecule has 1 saturated heterocycles. The predicted octanol–water partition coefficient (Wildman–Crippen LogP) is 2.66. The summed E-state index contributed by atoms with van der Waals surface area (Å²) in [6.45, 7) is 6.36. The van der Waals surface area contributed by atoms with Crippen molar-refractivity contribution in [2.75, 3.05) is 33.4 Å². The van der Waals surface area contributed by atoms with E-state index in [0.717, 1.165) is 25.8 Å². The number of hydrogen-bond donors (Lipinski definition) is 1. The lowest BCUT2D eigenvalue weighted by molar-refractivity contribution is 0.0140. The summed E-state index contributed by atoms with van der Waals surface area (Å²) in [4.78, 5) is 2.62. The molecule has 2 rings (SSSR count). The molecule has 2 unspecified atom stereocenters. The second-order valence-corrected chi connectivity index (χ2v) is 6.37. The molecule has 2 atom stereocenters. The summed E-state index contributed by atoms with van der Waals surface area (Å²) in [7, 11) is 2.33. The van der Waals surface area contributed by atoms with E-state index in [1.807, 2.05) is 0 Å². The van der Waals surface area contributed by atoms with Gasteiger partial charge in [-0.3, -0.25) is 0 Å². The van der Waals surface area contributed by atoms with Crippen LogP contribution >= 0.6 is 0 Å². The van der Waals surface area contributed by atoms with Crippen molar-refractivity contribution >= 4 is 0 Å². The zero-order chi connectivity index (χ0) is 13.5. The maximum Gasteiger partial charge on any atom is 0.0521 e. The van der Waals surface area contributed by atoms with E-state index in [0.29, 0.717) is 12.0 Å². The molecule has 0 aromatic carbocycles. The molecule has 112 valence electrons. The normalized spacial score (nSPS) is 30.5. The molecular weight excluding hydrogens is 236 g/mol. The molecule has 2 fully saturated rings. The van der Waals surface area contributed by atoms with Crippen molar-refractivity contribution < 1.29 is 4.74 Å². The van der Waals surface area contributed by atoms with Gasteiger partial charge in [0.05, 0.1) is 6.61 Å². The van der Waals surface area contributed by atoms with E-state index in [4.69, 9.17) is 4.74 Å². The fraction of sp³-hybridized carbons (Fsp3) is 1.00. The van der Waals surface area contributed by atoms with Gasteiger partial charge in [0.2, 0.25) is 0 Å². The maximum absolute atomic E-state index is 5.70. The van der Waals surface area contributed by atoms with Gasteiger partial charge in [-0.25, -0.2) is 0 Å². The molecule has 1 heterocycles. The lowest BCUT2D eigenvalue weighted by Gasteiger charge is -2.37. The highest BCUT2D eigenvalue weighted by atomic mass is 16.5. The van der Waals surface area contributed by atoms with Gasteiger partial charge in [-0.05, 0) is 32.9 Å². The van der Waals surface area contributed by atoms with Crippen LogP contribution in [0.15, 0.2) is 0 Å². The Hall–Kier alpha value is -0.120. The Morgan fingerprint density at radius 2 is 1.84 bits per heavy atom. The monoisotopic (exact) mass is 268 g/mol. The van der Waals surface area contributed by atoms with Gasteiger partial charge in [0.25, 0.3) is 0 Å². The van der Waals surface area contributed by atoms with Gasteiger partial charge in [0.15, 0.2) is 0 Å². The number of nitrogens with zero attached hydrogens (tertiary/aromatic N) is 1. The summed E-state index contributed by atoms with van der Waals surface area (Å²) in [5, 5.41) is 3.65. The topological polar surface area (TPSA) is 24.5 Å². The first-order chi connectivity index (χ1) is 9.31. The van der Waals surface area contributed by atoms with Gasteiger partial charge >= 0.3 is 0 Å². The Morgan fingerprint density at radius 1 is 1.11 bits per heavy atom. The van der Waals surface area contributed by atoms with E-state index in [9.17, 15) is 0 Å². The van der Waals surface area contributed by atoms with E-state index in [1.165, 1.54) is 51.5 Å². The third-order valence-corrected chi connectivity index (χ3v) is 4.91. The van der Waals surface area contributed by atoms with Gasteiger partial charge in [-0.1, -0.05) is 32.6 Å². The number of rotatable bonds is 5.